The van der Waals surface area contributed by atoms with Gasteiger partial charge in [-0.25, -0.2) is 9.97 Å². The number of aromatic nitrogens is 3. The molecule has 2 heterocycles. The molecule has 0 fully saturated rings. The summed E-state index contributed by atoms with van der Waals surface area (Å²) in [5, 5.41) is 1.07. The summed E-state index contributed by atoms with van der Waals surface area (Å²) in [6.07, 6.45) is 1.65. The van der Waals surface area contributed by atoms with Crippen molar-refractivity contribution in [1.82, 2.24) is 14.5 Å². The number of halogens is 2. The Balaban J connectivity index is 2.35. The molecule has 0 radical (unpaired) electrons. The van der Waals surface area contributed by atoms with Crippen LogP contribution in [0.15, 0.2) is 35.3 Å². The van der Waals surface area contributed by atoms with Crippen molar-refractivity contribution < 1.29 is 4.74 Å². The van der Waals surface area contributed by atoms with Gasteiger partial charge in [-0.3, -0.25) is 9.36 Å². The van der Waals surface area contributed by atoms with E-state index in [0.717, 1.165) is 11.1 Å². The van der Waals surface area contributed by atoms with E-state index in [1.54, 1.807) is 36.9 Å². The van der Waals surface area contributed by atoms with E-state index < -0.39 is 0 Å². The van der Waals surface area contributed by atoms with Gasteiger partial charge in [-0.2, -0.15) is 0 Å². The molecule has 0 aliphatic heterocycles. The van der Waals surface area contributed by atoms with Crippen molar-refractivity contribution in [3.05, 3.63) is 56.6 Å². The van der Waals surface area contributed by atoms with Crippen molar-refractivity contribution in [3.63, 3.8) is 0 Å². The quantitative estimate of drug-likeness (QED) is 0.680. The fraction of sp³-hybridized carbons (Fsp3) is 0.278. The first kappa shape index (κ1) is 17.9. The Morgan fingerprint density at radius 2 is 2.00 bits per heavy atom. The molecule has 0 N–H and O–H groups in total. The number of pyridine rings is 1. The lowest BCUT2D eigenvalue weighted by molar-refractivity contribution is 0.162. The topological polar surface area (TPSA) is 57.0 Å². The highest BCUT2D eigenvalue weighted by molar-refractivity contribution is 6.36. The predicted molar refractivity (Wildman–Crippen MR) is 101 cm³/mol. The van der Waals surface area contributed by atoms with Crippen molar-refractivity contribution in [2.24, 2.45) is 0 Å². The Kier molecular flexibility index (Phi) is 5.08. The summed E-state index contributed by atoms with van der Waals surface area (Å²) in [5.41, 5.74) is 2.93. The zero-order valence-corrected chi connectivity index (χ0v) is 15.6. The molecular formula is C18H17Cl2N3O2. The number of benzene rings is 1. The molecule has 3 aromatic rings. The van der Waals surface area contributed by atoms with E-state index in [-0.39, 0.29) is 11.6 Å². The van der Waals surface area contributed by atoms with E-state index in [0.29, 0.717) is 33.5 Å². The van der Waals surface area contributed by atoms with E-state index in [9.17, 15) is 4.79 Å². The monoisotopic (exact) mass is 377 g/mol. The minimum atomic E-state index is -0.177. The van der Waals surface area contributed by atoms with Gasteiger partial charge in [-0.15, -0.1) is 0 Å². The third-order valence-corrected chi connectivity index (χ3v) is 4.56. The normalized spacial score (nSPS) is 12.5. The first-order chi connectivity index (χ1) is 11.9. The van der Waals surface area contributed by atoms with Gasteiger partial charge in [0.25, 0.3) is 5.56 Å². The molecule has 2 aromatic heterocycles. The lowest BCUT2D eigenvalue weighted by atomic mass is 10.1. The van der Waals surface area contributed by atoms with Crippen LogP contribution in [0, 0.1) is 6.92 Å². The number of hydrogen-bond donors (Lipinski definition) is 0. The molecule has 0 unspecified atom stereocenters. The van der Waals surface area contributed by atoms with Gasteiger partial charge in [0.1, 0.15) is 11.2 Å². The van der Waals surface area contributed by atoms with Gasteiger partial charge >= 0.3 is 0 Å². The average Bonchev–Trinajstić information content (AvgIpc) is 2.56. The molecule has 0 saturated heterocycles. The lowest BCUT2D eigenvalue weighted by Crippen LogP contribution is -2.29. The fourth-order valence-electron chi connectivity index (χ4n) is 2.87. The summed E-state index contributed by atoms with van der Waals surface area (Å²) < 4.78 is 6.82. The highest BCUT2D eigenvalue weighted by Crippen LogP contribution is 2.33. The van der Waals surface area contributed by atoms with Gasteiger partial charge in [0.2, 0.25) is 0 Å². The molecule has 0 bridgehead atoms. The van der Waals surface area contributed by atoms with Crippen molar-refractivity contribution in [2.45, 2.75) is 19.9 Å². The maximum atomic E-state index is 12.6. The minimum Gasteiger partial charge on any atom is -0.383 e. The highest BCUT2D eigenvalue weighted by Gasteiger charge is 2.18. The van der Waals surface area contributed by atoms with Crippen molar-refractivity contribution in [2.75, 3.05) is 13.7 Å². The maximum Gasteiger partial charge on any atom is 0.273 e. The first-order valence-electron chi connectivity index (χ1n) is 7.76. The molecule has 0 spiro atoms. The number of methoxy groups -OCH3 is 1. The smallest absolute Gasteiger partial charge is 0.273 e. The van der Waals surface area contributed by atoms with Crippen LogP contribution in [0.4, 0.5) is 0 Å². The number of hydrogen-bond acceptors (Lipinski definition) is 4. The Morgan fingerprint density at radius 3 is 2.68 bits per heavy atom. The first-order valence-corrected chi connectivity index (χ1v) is 8.52. The SMILES string of the molecule is COC[C@H](C)n1c(=O)c(C)nc2c(-c3ccc(Cl)cc3Cl)ccnc21. The molecule has 0 aliphatic rings. The molecule has 5 nitrogen and oxygen atoms in total. The van der Waals surface area contributed by atoms with Crippen LogP contribution in [0.5, 0.6) is 0 Å². The van der Waals surface area contributed by atoms with Crippen LogP contribution in [0.3, 0.4) is 0 Å². The standard InChI is InChI=1S/C18H17Cl2N3O2/c1-10(9-25-3)23-17-16(22-11(2)18(23)24)14(6-7-21-17)13-5-4-12(19)8-15(13)20/h4-8,10H,9H2,1-3H3/t10-/m0/s1. The Hall–Kier alpha value is -1.95. The van der Waals surface area contributed by atoms with Crippen LogP contribution in [0.1, 0.15) is 18.7 Å². The number of ether oxygens (including phenoxy) is 1. The summed E-state index contributed by atoms with van der Waals surface area (Å²) >= 11 is 12.4. The molecule has 1 atom stereocenters. The Bertz CT molecular complexity index is 1000. The molecule has 0 amide bonds. The van der Waals surface area contributed by atoms with E-state index in [1.807, 2.05) is 19.1 Å². The van der Waals surface area contributed by atoms with Crippen LogP contribution in [-0.2, 0) is 4.74 Å². The second-order valence-corrected chi connectivity index (χ2v) is 6.68. The summed E-state index contributed by atoms with van der Waals surface area (Å²) in [6, 6.07) is 6.95. The second-order valence-electron chi connectivity index (χ2n) is 5.83. The number of rotatable bonds is 4. The fourth-order valence-corrected chi connectivity index (χ4v) is 3.38. The highest BCUT2D eigenvalue weighted by atomic mass is 35.5. The number of fused-ring (bicyclic) bond motifs is 1. The Morgan fingerprint density at radius 1 is 1.24 bits per heavy atom. The number of aryl methyl sites for hydroxylation is 1. The largest absolute Gasteiger partial charge is 0.383 e. The second kappa shape index (κ2) is 7.12. The van der Waals surface area contributed by atoms with Gasteiger partial charge in [0.05, 0.1) is 12.6 Å². The molecule has 130 valence electrons. The summed E-state index contributed by atoms with van der Waals surface area (Å²) in [7, 11) is 1.60. The Labute approximate surface area is 155 Å². The van der Waals surface area contributed by atoms with Crippen molar-refractivity contribution in [1.29, 1.82) is 0 Å². The van der Waals surface area contributed by atoms with E-state index in [2.05, 4.69) is 9.97 Å². The minimum absolute atomic E-state index is 0.176. The maximum absolute atomic E-state index is 12.6. The van der Waals surface area contributed by atoms with Crippen LogP contribution in [0.25, 0.3) is 22.3 Å². The van der Waals surface area contributed by atoms with Gasteiger partial charge in [0.15, 0.2) is 5.65 Å². The van der Waals surface area contributed by atoms with Crippen LogP contribution in [0.2, 0.25) is 10.0 Å². The van der Waals surface area contributed by atoms with E-state index >= 15 is 0 Å². The van der Waals surface area contributed by atoms with Crippen molar-refractivity contribution in [3.8, 4) is 11.1 Å². The molecule has 1 aromatic carbocycles. The third-order valence-electron chi connectivity index (χ3n) is 4.01. The molecule has 7 heteroatoms. The average molecular weight is 378 g/mol. The summed E-state index contributed by atoms with van der Waals surface area (Å²) in [4.78, 5) is 21.5. The molecule has 0 aliphatic carbocycles. The zero-order chi connectivity index (χ0) is 18.1. The van der Waals surface area contributed by atoms with Crippen LogP contribution in [-0.4, -0.2) is 28.3 Å². The lowest BCUT2D eigenvalue weighted by Gasteiger charge is -2.18. The molecule has 0 saturated carbocycles. The molecule has 3 rings (SSSR count). The van der Waals surface area contributed by atoms with Gasteiger partial charge in [0, 0.05) is 34.5 Å². The van der Waals surface area contributed by atoms with Gasteiger partial charge in [-0.05, 0) is 32.0 Å². The van der Waals surface area contributed by atoms with Crippen LogP contribution < -0.4 is 5.56 Å². The van der Waals surface area contributed by atoms with Crippen molar-refractivity contribution >= 4 is 34.4 Å². The number of nitrogens with zero attached hydrogens (tertiary/aromatic N) is 3. The summed E-state index contributed by atoms with van der Waals surface area (Å²) in [5.74, 6) is 0. The molecular weight excluding hydrogens is 361 g/mol. The van der Waals surface area contributed by atoms with E-state index in [1.165, 1.54) is 0 Å². The van der Waals surface area contributed by atoms with E-state index in [4.69, 9.17) is 27.9 Å². The van der Waals surface area contributed by atoms with Gasteiger partial charge in [-0.1, -0.05) is 29.3 Å². The summed E-state index contributed by atoms with van der Waals surface area (Å²) in [6.45, 7) is 4.00. The zero-order valence-electron chi connectivity index (χ0n) is 14.1. The third kappa shape index (κ3) is 3.27. The van der Waals surface area contributed by atoms with Crippen LogP contribution >= 0.6 is 23.2 Å². The molecule has 25 heavy (non-hydrogen) atoms. The van der Waals surface area contributed by atoms with Gasteiger partial charge < -0.3 is 4.74 Å². The predicted octanol–water partition coefficient (Wildman–Crippen LogP) is 4.28.